The Morgan fingerprint density at radius 1 is 1.48 bits per heavy atom. The van der Waals surface area contributed by atoms with Gasteiger partial charge in [0, 0.05) is 13.1 Å². The summed E-state index contributed by atoms with van der Waals surface area (Å²) in [5, 5.41) is 10.1. The highest BCUT2D eigenvalue weighted by molar-refractivity contribution is 7.71. The standard InChI is InChI=1S/C14H16FN3O2S/c1-14(20)3-2-4-18(7-14)12(19)9-5-8(15)6-10-11(9)17-13(21)16-10/h5-6,20H,2-4,7H2,1H3,(H2,16,17,21)/t14-/m1/s1. The smallest absolute Gasteiger partial charge is 0.256 e. The molecule has 21 heavy (non-hydrogen) atoms. The molecule has 0 bridgehead atoms. The number of carbonyl (C=O) groups is 1. The summed E-state index contributed by atoms with van der Waals surface area (Å²) in [6.45, 7) is 2.50. The molecule has 1 aliphatic rings. The number of aromatic nitrogens is 2. The molecule has 0 saturated carbocycles. The van der Waals surface area contributed by atoms with E-state index >= 15 is 0 Å². The van der Waals surface area contributed by atoms with Gasteiger partial charge >= 0.3 is 0 Å². The summed E-state index contributed by atoms with van der Waals surface area (Å²) in [5.74, 6) is -0.801. The Morgan fingerprint density at radius 2 is 2.24 bits per heavy atom. The lowest BCUT2D eigenvalue weighted by molar-refractivity contribution is -0.0106. The number of aromatic amines is 2. The maximum absolute atomic E-state index is 13.7. The van der Waals surface area contributed by atoms with Gasteiger partial charge in [0.1, 0.15) is 5.82 Å². The molecule has 2 heterocycles. The van der Waals surface area contributed by atoms with E-state index in [1.165, 1.54) is 12.1 Å². The number of aliphatic hydroxyl groups is 1. The van der Waals surface area contributed by atoms with Crippen molar-refractivity contribution < 1.29 is 14.3 Å². The van der Waals surface area contributed by atoms with Gasteiger partial charge < -0.3 is 20.0 Å². The number of fused-ring (bicyclic) bond motifs is 1. The van der Waals surface area contributed by atoms with Crippen molar-refractivity contribution in [2.75, 3.05) is 13.1 Å². The monoisotopic (exact) mass is 309 g/mol. The number of benzene rings is 1. The number of hydrogen-bond donors (Lipinski definition) is 3. The summed E-state index contributed by atoms with van der Waals surface area (Å²) in [4.78, 5) is 19.9. The van der Waals surface area contributed by atoms with Crippen molar-refractivity contribution in [1.82, 2.24) is 14.9 Å². The van der Waals surface area contributed by atoms with Gasteiger partial charge in [0.25, 0.3) is 5.91 Å². The maximum atomic E-state index is 13.7. The number of amides is 1. The molecule has 1 atom stereocenters. The summed E-state index contributed by atoms with van der Waals surface area (Å²) < 4.78 is 14.0. The van der Waals surface area contributed by atoms with Crippen molar-refractivity contribution in [2.45, 2.75) is 25.4 Å². The van der Waals surface area contributed by atoms with E-state index in [0.29, 0.717) is 28.8 Å². The van der Waals surface area contributed by atoms with Crippen molar-refractivity contribution in [3.8, 4) is 0 Å². The van der Waals surface area contributed by atoms with E-state index in [0.717, 1.165) is 6.42 Å². The summed E-state index contributed by atoms with van der Waals surface area (Å²) in [7, 11) is 0. The fraction of sp³-hybridized carbons (Fsp3) is 0.429. The number of carbonyl (C=O) groups excluding carboxylic acids is 1. The van der Waals surface area contributed by atoms with E-state index in [4.69, 9.17) is 12.2 Å². The van der Waals surface area contributed by atoms with Gasteiger partial charge in [0.2, 0.25) is 0 Å². The van der Waals surface area contributed by atoms with Crippen molar-refractivity contribution in [3.63, 3.8) is 0 Å². The van der Waals surface area contributed by atoms with Crippen LogP contribution in [0.2, 0.25) is 0 Å². The Morgan fingerprint density at radius 3 is 2.95 bits per heavy atom. The third kappa shape index (κ3) is 2.71. The van der Waals surface area contributed by atoms with Crippen LogP contribution in [-0.2, 0) is 0 Å². The van der Waals surface area contributed by atoms with Gasteiger partial charge in [-0.2, -0.15) is 0 Å². The first-order chi connectivity index (χ1) is 9.85. The minimum Gasteiger partial charge on any atom is -0.388 e. The number of nitrogens with one attached hydrogen (secondary N) is 2. The van der Waals surface area contributed by atoms with Gasteiger partial charge in [-0.15, -0.1) is 0 Å². The van der Waals surface area contributed by atoms with Crippen LogP contribution in [0.25, 0.3) is 11.0 Å². The van der Waals surface area contributed by atoms with Crippen LogP contribution < -0.4 is 0 Å². The first kappa shape index (κ1) is 14.2. The molecule has 5 nitrogen and oxygen atoms in total. The predicted molar refractivity (Wildman–Crippen MR) is 79.2 cm³/mol. The number of rotatable bonds is 1. The van der Waals surface area contributed by atoms with Crippen molar-refractivity contribution >= 4 is 29.2 Å². The van der Waals surface area contributed by atoms with E-state index < -0.39 is 11.4 Å². The lowest BCUT2D eigenvalue weighted by Gasteiger charge is -2.36. The Balaban J connectivity index is 2.03. The topological polar surface area (TPSA) is 72.1 Å². The molecule has 2 aromatic rings. The van der Waals surface area contributed by atoms with Gasteiger partial charge in [-0.05, 0) is 44.1 Å². The predicted octanol–water partition coefficient (Wildman–Crippen LogP) is 2.35. The Hall–Kier alpha value is -1.73. The first-order valence-electron chi connectivity index (χ1n) is 6.79. The Bertz CT molecular complexity index is 765. The van der Waals surface area contributed by atoms with E-state index in [1.54, 1.807) is 11.8 Å². The molecule has 0 radical (unpaired) electrons. The average molecular weight is 309 g/mol. The van der Waals surface area contributed by atoms with Crippen LogP contribution in [-0.4, -0.2) is 44.6 Å². The molecule has 1 amide bonds. The molecule has 0 aliphatic carbocycles. The Kier molecular flexibility index (Phi) is 3.33. The molecule has 1 aromatic carbocycles. The highest BCUT2D eigenvalue weighted by Crippen LogP contribution is 2.24. The second kappa shape index (κ2) is 4.92. The van der Waals surface area contributed by atoms with Gasteiger partial charge in [0.05, 0.1) is 22.2 Å². The van der Waals surface area contributed by atoms with Gasteiger partial charge in [-0.3, -0.25) is 4.79 Å². The number of likely N-dealkylation sites (tertiary alicyclic amines) is 1. The van der Waals surface area contributed by atoms with Crippen LogP contribution in [0.1, 0.15) is 30.1 Å². The molecule has 3 N–H and O–H groups in total. The average Bonchev–Trinajstić information content (AvgIpc) is 2.75. The zero-order valence-electron chi connectivity index (χ0n) is 11.6. The molecule has 0 spiro atoms. The normalized spacial score (nSPS) is 22.7. The molecule has 3 rings (SSSR count). The number of imidazole rings is 1. The Labute approximate surface area is 125 Å². The van der Waals surface area contributed by atoms with Crippen molar-refractivity contribution in [2.24, 2.45) is 0 Å². The van der Waals surface area contributed by atoms with Crippen LogP contribution in [0.15, 0.2) is 12.1 Å². The quantitative estimate of drug-likeness (QED) is 0.708. The highest BCUT2D eigenvalue weighted by Gasteiger charge is 2.32. The molecule has 1 aliphatic heterocycles. The van der Waals surface area contributed by atoms with Crippen LogP contribution in [0.4, 0.5) is 4.39 Å². The lowest BCUT2D eigenvalue weighted by Crippen LogP contribution is -2.48. The summed E-state index contributed by atoms with van der Waals surface area (Å²) in [6.07, 6.45) is 1.38. The summed E-state index contributed by atoms with van der Waals surface area (Å²) in [5.41, 5.74) is 0.296. The number of piperidine rings is 1. The SMILES string of the molecule is C[C@@]1(O)CCCN(C(=O)c2cc(F)cc3[nH]c(=S)[nH]c23)C1. The fourth-order valence-electron chi connectivity index (χ4n) is 2.84. The molecule has 1 fully saturated rings. The number of H-pyrrole nitrogens is 2. The first-order valence-corrected chi connectivity index (χ1v) is 7.20. The summed E-state index contributed by atoms with van der Waals surface area (Å²) >= 11 is 5.00. The molecule has 0 unspecified atom stereocenters. The van der Waals surface area contributed by atoms with Crippen LogP contribution in [0, 0.1) is 10.6 Å². The second-order valence-corrected chi connectivity index (χ2v) is 6.19. The maximum Gasteiger partial charge on any atom is 0.256 e. The van der Waals surface area contributed by atoms with E-state index in [2.05, 4.69) is 9.97 Å². The van der Waals surface area contributed by atoms with E-state index in [1.807, 2.05) is 0 Å². The largest absolute Gasteiger partial charge is 0.388 e. The third-order valence-electron chi connectivity index (χ3n) is 3.78. The number of halogens is 1. The van der Waals surface area contributed by atoms with Crippen LogP contribution in [0.3, 0.4) is 0 Å². The number of hydrogen-bond acceptors (Lipinski definition) is 3. The highest BCUT2D eigenvalue weighted by atomic mass is 32.1. The minimum atomic E-state index is -0.897. The molecular weight excluding hydrogens is 293 g/mol. The fourth-order valence-corrected chi connectivity index (χ4v) is 3.05. The number of β-amino-alcohol motifs (C(OH)–C–C–N with tert-alkyl or cyclic N) is 1. The molecule has 1 saturated heterocycles. The zero-order chi connectivity index (χ0) is 15.2. The molecule has 7 heteroatoms. The van der Waals surface area contributed by atoms with Gasteiger partial charge in [0.15, 0.2) is 4.77 Å². The molecular formula is C14H16FN3O2S. The summed E-state index contributed by atoms with van der Waals surface area (Å²) in [6, 6.07) is 2.50. The van der Waals surface area contributed by atoms with E-state index in [-0.39, 0.29) is 18.0 Å². The minimum absolute atomic E-state index is 0.232. The molecule has 1 aromatic heterocycles. The van der Waals surface area contributed by atoms with Crippen LogP contribution >= 0.6 is 12.2 Å². The van der Waals surface area contributed by atoms with Crippen LogP contribution in [0.5, 0.6) is 0 Å². The lowest BCUT2D eigenvalue weighted by atomic mass is 9.94. The van der Waals surface area contributed by atoms with Gasteiger partial charge in [-0.25, -0.2) is 4.39 Å². The van der Waals surface area contributed by atoms with Crippen molar-refractivity contribution in [3.05, 3.63) is 28.3 Å². The van der Waals surface area contributed by atoms with Gasteiger partial charge in [-0.1, -0.05) is 0 Å². The zero-order valence-corrected chi connectivity index (χ0v) is 12.4. The molecule has 112 valence electrons. The number of nitrogens with zero attached hydrogens (tertiary/aromatic N) is 1. The van der Waals surface area contributed by atoms with Crippen molar-refractivity contribution in [1.29, 1.82) is 0 Å². The van der Waals surface area contributed by atoms with E-state index in [9.17, 15) is 14.3 Å². The second-order valence-electron chi connectivity index (χ2n) is 5.78. The third-order valence-corrected chi connectivity index (χ3v) is 3.99.